The van der Waals surface area contributed by atoms with E-state index in [-0.39, 0.29) is 18.1 Å². The second-order valence-electron chi connectivity index (χ2n) is 6.64. The van der Waals surface area contributed by atoms with Crippen molar-refractivity contribution in [3.63, 3.8) is 0 Å². The minimum Gasteiger partial charge on any atom is -0.467 e. The summed E-state index contributed by atoms with van der Waals surface area (Å²) in [7, 11) is 1.21. The zero-order valence-corrected chi connectivity index (χ0v) is 13.8. The summed E-state index contributed by atoms with van der Waals surface area (Å²) in [5.74, 6) is -1.08. The summed E-state index contributed by atoms with van der Waals surface area (Å²) in [5.41, 5.74) is -3.05. The Morgan fingerprint density at radius 3 is 2.38 bits per heavy atom. The van der Waals surface area contributed by atoms with Gasteiger partial charge in [0, 0.05) is 11.3 Å². The molecule has 0 spiro atoms. The van der Waals surface area contributed by atoms with E-state index in [0.717, 1.165) is 5.57 Å². The Hall–Kier alpha value is -1.42. The third kappa shape index (κ3) is 2.35. The van der Waals surface area contributed by atoms with Crippen LogP contribution in [-0.4, -0.2) is 29.6 Å². The fourth-order valence-electron chi connectivity index (χ4n) is 3.41. The van der Waals surface area contributed by atoms with E-state index in [9.17, 15) is 14.7 Å². The molecule has 4 nitrogen and oxygen atoms in total. The molecule has 0 aromatic heterocycles. The van der Waals surface area contributed by atoms with E-state index in [0.29, 0.717) is 0 Å². The second kappa shape index (κ2) is 5.41. The van der Waals surface area contributed by atoms with Gasteiger partial charge < -0.3 is 9.84 Å². The average molecular weight is 294 g/mol. The lowest BCUT2D eigenvalue weighted by Crippen LogP contribution is -2.61. The topological polar surface area (TPSA) is 63.6 Å². The summed E-state index contributed by atoms with van der Waals surface area (Å²) in [6.07, 6.45) is 3.60. The van der Waals surface area contributed by atoms with E-state index < -0.39 is 22.4 Å². The zero-order valence-electron chi connectivity index (χ0n) is 13.8. The zero-order chi connectivity index (χ0) is 16.6. The van der Waals surface area contributed by atoms with E-state index in [2.05, 4.69) is 6.58 Å². The summed E-state index contributed by atoms with van der Waals surface area (Å²) in [4.78, 5) is 25.1. The molecule has 3 atom stereocenters. The standard InChI is InChI=1S/C17H26O4/c1-8-17(20,14(19)21-7)16(6)10-9-12(11(2)3)15(4,5)13(16)18/h9-10,12,20H,2,8H2,1,3-7H3/t12-,16?,17?/m0/s1. The Labute approximate surface area is 126 Å². The van der Waals surface area contributed by atoms with E-state index >= 15 is 0 Å². The molecule has 0 aliphatic heterocycles. The monoisotopic (exact) mass is 294 g/mol. The number of ketones is 1. The maximum Gasteiger partial charge on any atom is 0.339 e. The van der Waals surface area contributed by atoms with Gasteiger partial charge >= 0.3 is 5.97 Å². The maximum atomic E-state index is 13.0. The van der Waals surface area contributed by atoms with Crippen LogP contribution in [0.25, 0.3) is 0 Å². The average Bonchev–Trinajstić information content (AvgIpc) is 2.42. The molecule has 1 N–H and O–H groups in total. The molecule has 1 aliphatic rings. The van der Waals surface area contributed by atoms with E-state index in [4.69, 9.17) is 4.74 Å². The Kier molecular flexibility index (Phi) is 4.54. The number of hydrogen-bond donors (Lipinski definition) is 1. The van der Waals surface area contributed by atoms with Crippen molar-refractivity contribution in [2.24, 2.45) is 16.7 Å². The number of carbonyl (C=O) groups is 2. The molecule has 2 unspecified atom stereocenters. The number of carbonyl (C=O) groups excluding carboxylic acids is 2. The highest BCUT2D eigenvalue weighted by molar-refractivity contribution is 5.99. The highest BCUT2D eigenvalue weighted by atomic mass is 16.5. The molecule has 0 saturated carbocycles. The van der Waals surface area contributed by atoms with Crippen molar-refractivity contribution < 1.29 is 19.4 Å². The fourth-order valence-corrected chi connectivity index (χ4v) is 3.41. The number of esters is 1. The van der Waals surface area contributed by atoms with Crippen LogP contribution in [-0.2, 0) is 14.3 Å². The first kappa shape index (κ1) is 17.6. The van der Waals surface area contributed by atoms with Crippen molar-refractivity contribution in [1.82, 2.24) is 0 Å². The number of methoxy groups -OCH3 is 1. The van der Waals surface area contributed by atoms with Gasteiger partial charge in [-0.3, -0.25) is 4.79 Å². The minimum absolute atomic E-state index is 0.0973. The van der Waals surface area contributed by atoms with Gasteiger partial charge in [0.1, 0.15) is 0 Å². The smallest absolute Gasteiger partial charge is 0.339 e. The molecule has 0 fully saturated rings. The Balaban J connectivity index is 3.49. The van der Waals surface area contributed by atoms with Crippen LogP contribution in [0.3, 0.4) is 0 Å². The first-order valence-corrected chi connectivity index (χ1v) is 7.19. The van der Waals surface area contributed by atoms with Crippen LogP contribution in [0.1, 0.15) is 41.0 Å². The van der Waals surface area contributed by atoms with Crippen molar-refractivity contribution >= 4 is 11.8 Å². The van der Waals surface area contributed by atoms with Gasteiger partial charge in [-0.2, -0.15) is 0 Å². The van der Waals surface area contributed by atoms with Gasteiger partial charge in [-0.15, -0.1) is 0 Å². The lowest BCUT2D eigenvalue weighted by Gasteiger charge is -2.48. The molecule has 21 heavy (non-hydrogen) atoms. The predicted octanol–water partition coefficient (Wildman–Crippen LogP) is 2.66. The number of hydrogen-bond acceptors (Lipinski definition) is 4. The number of rotatable bonds is 4. The number of Topliss-reactive ketones (excluding diaryl/α,β-unsaturated/α-hetero) is 1. The van der Waals surface area contributed by atoms with Crippen LogP contribution >= 0.6 is 0 Å². The van der Waals surface area contributed by atoms with Crippen LogP contribution in [0.2, 0.25) is 0 Å². The lowest BCUT2D eigenvalue weighted by atomic mass is 9.55. The molecule has 1 rings (SSSR count). The highest BCUT2D eigenvalue weighted by Gasteiger charge is 2.60. The summed E-state index contributed by atoms with van der Waals surface area (Å²) in [5, 5.41) is 10.8. The van der Waals surface area contributed by atoms with Gasteiger partial charge in [-0.05, 0) is 20.3 Å². The van der Waals surface area contributed by atoms with Gasteiger partial charge in [0.2, 0.25) is 0 Å². The molecule has 0 bridgehead atoms. The van der Waals surface area contributed by atoms with Crippen molar-refractivity contribution in [1.29, 1.82) is 0 Å². The van der Waals surface area contributed by atoms with Crippen LogP contribution in [0.4, 0.5) is 0 Å². The Morgan fingerprint density at radius 1 is 1.48 bits per heavy atom. The van der Waals surface area contributed by atoms with Crippen LogP contribution in [0.5, 0.6) is 0 Å². The first-order chi connectivity index (χ1) is 9.49. The largest absolute Gasteiger partial charge is 0.467 e. The third-order valence-corrected chi connectivity index (χ3v) is 4.88. The van der Waals surface area contributed by atoms with Gasteiger partial charge in [0.15, 0.2) is 11.4 Å². The molecule has 0 saturated heterocycles. The summed E-state index contributed by atoms with van der Waals surface area (Å²) in [6, 6.07) is 0. The summed E-state index contributed by atoms with van der Waals surface area (Å²) < 4.78 is 4.72. The molecule has 0 aromatic carbocycles. The van der Waals surface area contributed by atoms with Crippen molar-refractivity contribution in [3.8, 4) is 0 Å². The number of ether oxygens (including phenoxy) is 1. The molecule has 0 heterocycles. The normalized spacial score (nSPS) is 30.6. The Bertz CT molecular complexity index is 503. The van der Waals surface area contributed by atoms with Crippen LogP contribution < -0.4 is 0 Å². The third-order valence-electron chi connectivity index (χ3n) is 4.88. The van der Waals surface area contributed by atoms with E-state index in [1.54, 1.807) is 19.9 Å². The van der Waals surface area contributed by atoms with Crippen molar-refractivity contribution in [3.05, 3.63) is 24.3 Å². The first-order valence-electron chi connectivity index (χ1n) is 7.19. The molecule has 118 valence electrons. The molecular weight excluding hydrogens is 268 g/mol. The predicted molar refractivity (Wildman–Crippen MR) is 81.6 cm³/mol. The second-order valence-corrected chi connectivity index (χ2v) is 6.64. The highest BCUT2D eigenvalue weighted by Crippen LogP contribution is 2.50. The SMILES string of the molecule is C=C(C)[C@@H]1C=CC(C)(C(O)(CC)C(=O)OC)C(=O)C1(C)C. The number of aliphatic hydroxyl groups is 1. The van der Waals surface area contributed by atoms with Gasteiger partial charge in [-0.25, -0.2) is 4.79 Å². The Morgan fingerprint density at radius 2 is 2.00 bits per heavy atom. The fraction of sp³-hybridized carbons (Fsp3) is 0.647. The van der Waals surface area contributed by atoms with Crippen molar-refractivity contribution in [2.45, 2.75) is 46.6 Å². The van der Waals surface area contributed by atoms with E-state index in [1.165, 1.54) is 7.11 Å². The molecule has 0 radical (unpaired) electrons. The molecule has 4 heteroatoms. The van der Waals surface area contributed by atoms with Crippen LogP contribution in [0.15, 0.2) is 24.3 Å². The van der Waals surface area contributed by atoms with E-state index in [1.807, 2.05) is 26.8 Å². The molecule has 0 amide bonds. The van der Waals surface area contributed by atoms with Gasteiger partial charge in [-0.1, -0.05) is 45.1 Å². The molecular formula is C17H26O4. The lowest BCUT2D eigenvalue weighted by molar-refractivity contribution is -0.181. The maximum absolute atomic E-state index is 13.0. The van der Waals surface area contributed by atoms with Gasteiger partial charge in [0.05, 0.1) is 12.5 Å². The van der Waals surface area contributed by atoms with Crippen molar-refractivity contribution in [2.75, 3.05) is 7.11 Å². The van der Waals surface area contributed by atoms with Gasteiger partial charge in [0.25, 0.3) is 0 Å². The molecule has 0 aromatic rings. The van der Waals surface area contributed by atoms with Crippen LogP contribution in [0, 0.1) is 16.7 Å². The number of allylic oxidation sites excluding steroid dienone is 2. The minimum atomic E-state index is -1.87. The summed E-state index contributed by atoms with van der Waals surface area (Å²) >= 11 is 0. The quantitative estimate of drug-likeness (QED) is 0.639. The summed E-state index contributed by atoms with van der Waals surface area (Å²) in [6.45, 7) is 12.7. The molecule has 1 aliphatic carbocycles.